The van der Waals surface area contributed by atoms with Crippen molar-refractivity contribution in [2.45, 2.75) is 36.7 Å². The molecule has 1 aromatic carbocycles. The number of hydrogen-bond acceptors (Lipinski definition) is 3. The Balaban J connectivity index is 1.98. The van der Waals surface area contributed by atoms with E-state index in [1.54, 1.807) is 24.3 Å². The zero-order valence-electron chi connectivity index (χ0n) is 11.0. The molecule has 0 aliphatic heterocycles. The molecule has 1 aliphatic rings. The van der Waals surface area contributed by atoms with Crippen LogP contribution in [0.4, 0.5) is 4.79 Å². The highest BCUT2D eigenvalue weighted by atomic mass is 32.2. The predicted molar refractivity (Wildman–Crippen MR) is 72.7 cm³/mol. The average molecular weight is 282 g/mol. The quantitative estimate of drug-likeness (QED) is 0.881. The van der Waals surface area contributed by atoms with Gasteiger partial charge < -0.3 is 10.6 Å². The topological polar surface area (TPSA) is 75.3 Å². The van der Waals surface area contributed by atoms with Crippen LogP contribution in [0, 0.1) is 0 Å². The number of sulfone groups is 1. The first kappa shape index (κ1) is 13.9. The summed E-state index contributed by atoms with van der Waals surface area (Å²) in [7, 11) is -3.18. The van der Waals surface area contributed by atoms with Crippen molar-refractivity contribution in [3.8, 4) is 0 Å². The molecule has 2 N–H and O–H groups in total. The van der Waals surface area contributed by atoms with E-state index in [1.807, 2.05) is 6.92 Å². The lowest BCUT2D eigenvalue weighted by molar-refractivity contribution is 0.237. The minimum Gasteiger partial charge on any atom is -0.335 e. The molecule has 1 fully saturated rings. The molecule has 0 aromatic heterocycles. The summed E-state index contributed by atoms with van der Waals surface area (Å²) >= 11 is 0. The molecule has 5 nitrogen and oxygen atoms in total. The summed E-state index contributed by atoms with van der Waals surface area (Å²) in [4.78, 5) is 11.9. The van der Waals surface area contributed by atoms with Gasteiger partial charge in [0.05, 0.1) is 10.9 Å². The lowest BCUT2D eigenvalue weighted by atomic mass is 10.1. The third-order valence-corrected chi connectivity index (χ3v) is 4.20. The van der Waals surface area contributed by atoms with Crippen molar-refractivity contribution in [1.82, 2.24) is 10.6 Å². The molecular weight excluding hydrogens is 264 g/mol. The van der Waals surface area contributed by atoms with E-state index in [2.05, 4.69) is 10.6 Å². The van der Waals surface area contributed by atoms with Gasteiger partial charge in [-0.1, -0.05) is 12.1 Å². The fourth-order valence-corrected chi connectivity index (χ4v) is 2.37. The second-order valence-electron chi connectivity index (χ2n) is 4.95. The second kappa shape index (κ2) is 5.21. The van der Waals surface area contributed by atoms with Crippen molar-refractivity contribution >= 4 is 15.9 Å². The third-order valence-electron chi connectivity index (χ3n) is 3.07. The highest BCUT2D eigenvalue weighted by Crippen LogP contribution is 2.19. The maximum Gasteiger partial charge on any atom is 0.315 e. The van der Waals surface area contributed by atoms with Crippen LogP contribution in [0.1, 0.15) is 31.4 Å². The van der Waals surface area contributed by atoms with Crippen LogP contribution in [0.2, 0.25) is 0 Å². The molecule has 0 radical (unpaired) electrons. The summed E-state index contributed by atoms with van der Waals surface area (Å²) < 4.78 is 22.7. The molecule has 0 bridgehead atoms. The summed E-state index contributed by atoms with van der Waals surface area (Å²) in [5.41, 5.74) is 0.873. The van der Waals surface area contributed by atoms with Crippen molar-refractivity contribution < 1.29 is 13.2 Å². The standard InChI is InChI=1S/C13H18N2O3S/c1-9(14-13(16)15-11-5-6-11)10-3-7-12(8-4-10)19(2,17)18/h3-4,7-9,11H,5-6H2,1-2H3,(H2,14,15,16). The molecule has 104 valence electrons. The maximum atomic E-state index is 11.6. The fourth-order valence-electron chi connectivity index (χ4n) is 1.74. The van der Waals surface area contributed by atoms with E-state index in [9.17, 15) is 13.2 Å². The molecule has 0 spiro atoms. The van der Waals surface area contributed by atoms with Crippen molar-refractivity contribution in [3.63, 3.8) is 0 Å². The summed E-state index contributed by atoms with van der Waals surface area (Å²) in [5.74, 6) is 0. The fraction of sp³-hybridized carbons (Fsp3) is 0.462. The van der Waals surface area contributed by atoms with E-state index in [-0.39, 0.29) is 17.0 Å². The molecule has 1 unspecified atom stereocenters. The number of amides is 2. The first-order chi connectivity index (χ1) is 8.86. The molecule has 1 aliphatic carbocycles. The van der Waals surface area contributed by atoms with Gasteiger partial charge in [0.1, 0.15) is 0 Å². The van der Waals surface area contributed by atoms with Crippen LogP contribution in [0.5, 0.6) is 0 Å². The molecule has 1 saturated carbocycles. The SMILES string of the molecule is CC(NC(=O)NC1CC1)c1ccc(S(C)(=O)=O)cc1. The molecular formula is C13H18N2O3S. The average Bonchev–Trinajstić information content (AvgIpc) is 3.11. The number of nitrogens with one attached hydrogen (secondary N) is 2. The lowest BCUT2D eigenvalue weighted by Gasteiger charge is -2.15. The monoisotopic (exact) mass is 282 g/mol. The van der Waals surface area contributed by atoms with E-state index < -0.39 is 9.84 Å². The van der Waals surface area contributed by atoms with Gasteiger partial charge in [0.2, 0.25) is 0 Å². The van der Waals surface area contributed by atoms with Crippen molar-refractivity contribution in [1.29, 1.82) is 0 Å². The number of benzene rings is 1. The zero-order valence-corrected chi connectivity index (χ0v) is 11.8. The van der Waals surface area contributed by atoms with Gasteiger partial charge in [-0.15, -0.1) is 0 Å². The van der Waals surface area contributed by atoms with Gasteiger partial charge in [0, 0.05) is 12.3 Å². The highest BCUT2D eigenvalue weighted by Gasteiger charge is 2.23. The second-order valence-corrected chi connectivity index (χ2v) is 6.97. The Labute approximate surface area is 113 Å². The molecule has 1 atom stereocenters. The smallest absolute Gasteiger partial charge is 0.315 e. The Kier molecular flexibility index (Phi) is 3.80. The normalized spacial score (nSPS) is 16.7. The van der Waals surface area contributed by atoms with Gasteiger partial charge in [-0.25, -0.2) is 13.2 Å². The molecule has 19 heavy (non-hydrogen) atoms. The number of rotatable bonds is 4. The Bertz CT molecular complexity index is 562. The van der Waals surface area contributed by atoms with Crippen molar-refractivity contribution in [2.75, 3.05) is 6.26 Å². The molecule has 0 heterocycles. The minimum atomic E-state index is -3.18. The van der Waals surface area contributed by atoms with Crippen LogP contribution in [0.3, 0.4) is 0 Å². The van der Waals surface area contributed by atoms with Crippen LogP contribution in [-0.2, 0) is 9.84 Å². The Hall–Kier alpha value is -1.56. The van der Waals surface area contributed by atoms with Crippen LogP contribution in [0.25, 0.3) is 0 Å². The van der Waals surface area contributed by atoms with Crippen LogP contribution >= 0.6 is 0 Å². The van der Waals surface area contributed by atoms with Gasteiger partial charge in [0.25, 0.3) is 0 Å². The minimum absolute atomic E-state index is 0.160. The maximum absolute atomic E-state index is 11.6. The number of carbonyl (C=O) groups is 1. The molecule has 2 amide bonds. The molecule has 1 aromatic rings. The van der Waals surface area contributed by atoms with Gasteiger partial charge in [-0.2, -0.15) is 0 Å². The molecule has 0 saturated heterocycles. The Morgan fingerprint density at radius 1 is 1.26 bits per heavy atom. The van der Waals surface area contributed by atoms with Crippen molar-refractivity contribution in [3.05, 3.63) is 29.8 Å². The summed E-state index contributed by atoms with van der Waals surface area (Å²) in [6.07, 6.45) is 3.27. The van der Waals surface area contributed by atoms with Crippen LogP contribution in [-0.4, -0.2) is 26.7 Å². The van der Waals surface area contributed by atoms with Gasteiger partial charge >= 0.3 is 6.03 Å². The molecule has 2 rings (SSSR count). The van der Waals surface area contributed by atoms with Gasteiger partial charge in [-0.3, -0.25) is 0 Å². The summed E-state index contributed by atoms with van der Waals surface area (Å²) in [5, 5.41) is 5.67. The van der Waals surface area contributed by atoms with Gasteiger partial charge in [-0.05, 0) is 37.5 Å². The Morgan fingerprint density at radius 2 is 1.84 bits per heavy atom. The summed E-state index contributed by atoms with van der Waals surface area (Å²) in [6, 6.07) is 6.54. The van der Waals surface area contributed by atoms with Crippen LogP contribution in [0.15, 0.2) is 29.2 Å². The van der Waals surface area contributed by atoms with E-state index in [0.29, 0.717) is 6.04 Å². The first-order valence-corrected chi connectivity index (χ1v) is 8.12. The first-order valence-electron chi connectivity index (χ1n) is 6.23. The zero-order chi connectivity index (χ0) is 14.0. The van der Waals surface area contributed by atoms with Crippen molar-refractivity contribution in [2.24, 2.45) is 0 Å². The van der Waals surface area contributed by atoms with E-state index in [0.717, 1.165) is 18.4 Å². The van der Waals surface area contributed by atoms with Crippen LogP contribution < -0.4 is 10.6 Å². The number of hydrogen-bond donors (Lipinski definition) is 2. The van der Waals surface area contributed by atoms with Gasteiger partial charge in [0.15, 0.2) is 9.84 Å². The highest BCUT2D eigenvalue weighted by molar-refractivity contribution is 7.90. The Morgan fingerprint density at radius 3 is 2.32 bits per heavy atom. The third kappa shape index (κ3) is 3.96. The summed E-state index contributed by atoms with van der Waals surface area (Å²) in [6.45, 7) is 1.86. The van der Waals surface area contributed by atoms with E-state index in [1.165, 1.54) is 6.26 Å². The lowest BCUT2D eigenvalue weighted by Crippen LogP contribution is -2.38. The van der Waals surface area contributed by atoms with E-state index >= 15 is 0 Å². The largest absolute Gasteiger partial charge is 0.335 e. The molecule has 6 heteroatoms. The predicted octanol–water partition coefficient (Wildman–Crippen LogP) is 1.61. The van der Waals surface area contributed by atoms with E-state index in [4.69, 9.17) is 0 Å². The number of carbonyl (C=O) groups excluding carboxylic acids is 1. The number of urea groups is 1.